The van der Waals surface area contributed by atoms with Crippen molar-refractivity contribution in [3.63, 3.8) is 0 Å². The van der Waals surface area contributed by atoms with E-state index in [1.54, 1.807) is 38.4 Å². The molecule has 1 aliphatic rings. The van der Waals surface area contributed by atoms with Crippen LogP contribution in [0.2, 0.25) is 0 Å². The van der Waals surface area contributed by atoms with Crippen molar-refractivity contribution >= 4 is 28.9 Å². The SMILES string of the molecule is CC(C)c1ccc(C=C2Oc3c(ccc(O)c3C(CC(=O)O)c3ccc4c(c3)n(C)c(=O)n4C)C2=O)cc1. The van der Waals surface area contributed by atoms with Crippen LogP contribution >= 0.6 is 0 Å². The van der Waals surface area contributed by atoms with E-state index in [-0.39, 0.29) is 46.3 Å². The summed E-state index contributed by atoms with van der Waals surface area (Å²) in [7, 11) is 3.31. The number of ether oxygens (including phenoxy) is 1. The van der Waals surface area contributed by atoms with Gasteiger partial charge >= 0.3 is 11.7 Å². The number of carboxylic acids is 1. The number of rotatable bonds is 6. The van der Waals surface area contributed by atoms with Crippen LogP contribution in [0, 0.1) is 0 Å². The molecule has 8 heteroatoms. The summed E-state index contributed by atoms with van der Waals surface area (Å²) in [5.41, 5.74) is 4.11. The zero-order chi connectivity index (χ0) is 27.3. The van der Waals surface area contributed by atoms with Crippen LogP contribution in [0.25, 0.3) is 17.1 Å². The van der Waals surface area contributed by atoms with E-state index in [0.717, 1.165) is 5.56 Å². The molecule has 2 heterocycles. The number of aromatic nitrogens is 2. The van der Waals surface area contributed by atoms with Gasteiger partial charge in [0.1, 0.15) is 11.5 Å². The van der Waals surface area contributed by atoms with Crippen LogP contribution in [0.15, 0.2) is 65.2 Å². The smallest absolute Gasteiger partial charge is 0.328 e. The lowest BCUT2D eigenvalue weighted by molar-refractivity contribution is -0.137. The fourth-order valence-corrected chi connectivity index (χ4v) is 5.03. The summed E-state index contributed by atoms with van der Waals surface area (Å²) >= 11 is 0. The van der Waals surface area contributed by atoms with Crippen molar-refractivity contribution in [3.8, 4) is 11.5 Å². The molecule has 1 unspecified atom stereocenters. The number of carbonyl (C=O) groups excluding carboxylic acids is 1. The van der Waals surface area contributed by atoms with Crippen LogP contribution in [0.1, 0.15) is 64.7 Å². The van der Waals surface area contributed by atoms with Crippen LogP contribution in [-0.2, 0) is 18.9 Å². The number of nitrogens with zero attached hydrogens (tertiary/aromatic N) is 2. The predicted octanol–water partition coefficient (Wildman–Crippen LogP) is 4.93. The number of imidazole rings is 1. The second kappa shape index (κ2) is 9.37. The number of aliphatic carboxylic acids is 1. The molecule has 3 aromatic carbocycles. The van der Waals surface area contributed by atoms with Crippen LogP contribution in [0.3, 0.4) is 0 Å². The zero-order valence-electron chi connectivity index (χ0n) is 21.6. The lowest BCUT2D eigenvalue weighted by Crippen LogP contribution is -2.19. The minimum atomic E-state index is -1.08. The van der Waals surface area contributed by atoms with E-state index in [4.69, 9.17) is 4.74 Å². The average Bonchev–Trinajstić information content (AvgIpc) is 3.31. The first kappa shape index (κ1) is 25.1. The minimum absolute atomic E-state index is 0.0964. The number of aryl methyl sites for hydroxylation is 2. The Balaban J connectivity index is 1.61. The Kier molecular flexibility index (Phi) is 6.18. The zero-order valence-corrected chi connectivity index (χ0v) is 21.6. The quantitative estimate of drug-likeness (QED) is 0.355. The fourth-order valence-electron chi connectivity index (χ4n) is 5.03. The number of allylic oxidation sites excluding steroid dienone is 1. The van der Waals surface area contributed by atoms with Crippen molar-refractivity contribution in [1.29, 1.82) is 0 Å². The molecule has 194 valence electrons. The van der Waals surface area contributed by atoms with Crippen molar-refractivity contribution in [2.24, 2.45) is 14.1 Å². The number of hydrogen-bond acceptors (Lipinski definition) is 5. The molecule has 0 saturated heterocycles. The Labute approximate surface area is 219 Å². The van der Waals surface area contributed by atoms with E-state index in [0.29, 0.717) is 22.5 Å². The lowest BCUT2D eigenvalue weighted by Gasteiger charge is -2.20. The van der Waals surface area contributed by atoms with Crippen molar-refractivity contribution in [2.45, 2.75) is 32.1 Å². The summed E-state index contributed by atoms with van der Waals surface area (Å²) in [6.07, 6.45) is 1.29. The molecule has 1 aromatic heterocycles. The number of ketones is 1. The normalized spacial score (nSPS) is 14.8. The first-order valence-corrected chi connectivity index (χ1v) is 12.3. The largest absolute Gasteiger partial charge is 0.508 e. The summed E-state index contributed by atoms with van der Waals surface area (Å²) < 4.78 is 9.02. The van der Waals surface area contributed by atoms with Gasteiger partial charge in [0.15, 0.2) is 5.76 Å². The topological polar surface area (TPSA) is 111 Å². The summed E-state index contributed by atoms with van der Waals surface area (Å²) in [6.45, 7) is 4.20. The van der Waals surface area contributed by atoms with Crippen LogP contribution < -0.4 is 10.4 Å². The van der Waals surface area contributed by atoms with Gasteiger partial charge in [0.25, 0.3) is 0 Å². The molecule has 0 bridgehead atoms. The first-order valence-electron chi connectivity index (χ1n) is 12.3. The highest BCUT2D eigenvalue weighted by Gasteiger charge is 2.35. The Bertz CT molecular complexity index is 1690. The van der Waals surface area contributed by atoms with Gasteiger partial charge in [0.05, 0.1) is 23.0 Å². The molecular formula is C30H28N2O6. The number of benzene rings is 3. The number of fused-ring (bicyclic) bond motifs is 2. The molecule has 38 heavy (non-hydrogen) atoms. The van der Waals surface area contributed by atoms with Crippen LogP contribution in [0.4, 0.5) is 0 Å². The van der Waals surface area contributed by atoms with E-state index in [2.05, 4.69) is 13.8 Å². The third kappa shape index (κ3) is 4.18. The maximum atomic E-state index is 13.2. The molecule has 5 rings (SSSR count). The number of Topliss-reactive ketones (excluding diaryl/α,β-unsaturated/α-hetero) is 1. The van der Waals surface area contributed by atoms with Crippen molar-refractivity contribution in [1.82, 2.24) is 9.13 Å². The second-order valence-corrected chi connectivity index (χ2v) is 9.94. The number of phenolic OH excluding ortho intramolecular Hbond substituents is 1. The van der Waals surface area contributed by atoms with Gasteiger partial charge in [-0.1, -0.05) is 44.2 Å². The van der Waals surface area contributed by atoms with Crippen LogP contribution in [-0.4, -0.2) is 31.1 Å². The summed E-state index contributed by atoms with van der Waals surface area (Å²) in [6, 6.07) is 15.9. The highest BCUT2D eigenvalue weighted by molar-refractivity contribution is 6.15. The maximum Gasteiger partial charge on any atom is 0.328 e. The summed E-state index contributed by atoms with van der Waals surface area (Å²) in [5.74, 6) is -1.82. The standard InChI is InChI=1S/C30H28N2O6/c1-16(2)18-7-5-17(6-8-18)13-25-28(36)20-10-12-24(33)27(29(20)38-25)21(15-26(34)35)19-9-11-22-23(14-19)32(4)30(37)31(22)3/h5-14,16,21,33H,15H2,1-4H3,(H,34,35). The highest BCUT2D eigenvalue weighted by Crippen LogP contribution is 2.46. The minimum Gasteiger partial charge on any atom is -0.508 e. The number of carbonyl (C=O) groups is 2. The summed E-state index contributed by atoms with van der Waals surface area (Å²) in [5, 5.41) is 20.7. The number of phenols is 1. The Morgan fingerprint density at radius 3 is 2.26 bits per heavy atom. The van der Waals surface area contributed by atoms with Gasteiger partial charge < -0.3 is 14.9 Å². The van der Waals surface area contributed by atoms with E-state index in [1.807, 2.05) is 24.3 Å². The van der Waals surface area contributed by atoms with Gasteiger partial charge in [-0.3, -0.25) is 18.7 Å². The third-order valence-electron chi connectivity index (χ3n) is 7.18. The van der Waals surface area contributed by atoms with E-state index >= 15 is 0 Å². The molecule has 0 spiro atoms. The highest BCUT2D eigenvalue weighted by atomic mass is 16.5. The Morgan fingerprint density at radius 2 is 1.61 bits per heavy atom. The van der Waals surface area contributed by atoms with Crippen LogP contribution in [0.5, 0.6) is 11.5 Å². The molecule has 0 saturated carbocycles. The van der Waals surface area contributed by atoms with Gasteiger partial charge in [-0.2, -0.15) is 0 Å². The molecule has 0 fully saturated rings. The lowest BCUT2D eigenvalue weighted by atomic mass is 9.86. The fraction of sp³-hybridized carbons (Fsp3) is 0.233. The molecular weight excluding hydrogens is 484 g/mol. The average molecular weight is 513 g/mol. The molecule has 2 N–H and O–H groups in total. The van der Waals surface area contributed by atoms with Gasteiger partial charge in [0.2, 0.25) is 5.78 Å². The van der Waals surface area contributed by atoms with Gasteiger partial charge in [-0.05, 0) is 52.9 Å². The monoisotopic (exact) mass is 512 g/mol. The first-order chi connectivity index (χ1) is 18.1. The molecule has 4 aromatic rings. The Hall–Kier alpha value is -4.59. The maximum absolute atomic E-state index is 13.2. The number of hydrogen-bond donors (Lipinski definition) is 2. The summed E-state index contributed by atoms with van der Waals surface area (Å²) in [4.78, 5) is 37.6. The van der Waals surface area contributed by atoms with Crippen molar-refractivity contribution in [3.05, 3.63) is 98.7 Å². The van der Waals surface area contributed by atoms with Gasteiger partial charge in [-0.25, -0.2) is 4.79 Å². The third-order valence-corrected chi connectivity index (χ3v) is 7.18. The Morgan fingerprint density at radius 1 is 0.947 bits per heavy atom. The van der Waals surface area contributed by atoms with E-state index < -0.39 is 11.9 Å². The molecule has 0 radical (unpaired) electrons. The number of aromatic hydroxyl groups is 1. The molecule has 0 aliphatic carbocycles. The molecule has 0 amide bonds. The molecule has 1 atom stereocenters. The molecule has 1 aliphatic heterocycles. The van der Waals surface area contributed by atoms with Gasteiger partial charge in [-0.15, -0.1) is 0 Å². The number of carboxylic acid groups (broad SMARTS) is 1. The molecule has 8 nitrogen and oxygen atoms in total. The van der Waals surface area contributed by atoms with Gasteiger partial charge in [0, 0.05) is 25.6 Å². The van der Waals surface area contributed by atoms with Crippen molar-refractivity contribution < 1.29 is 24.5 Å². The van der Waals surface area contributed by atoms with E-state index in [9.17, 15) is 24.6 Å². The van der Waals surface area contributed by atoms with E-state index in [1.165, 1.54) is 26.8 Å². The predicted molar refractivity (Wildman–Crippen MR) is 144 cm³/mol. The second-order valence-electron chi connectivity index (χ2n) is 9.94. The van der Waals surface area contributed by atoms with Crippen molar-refractivity contribution in [2.75, 3.05) is 0 Å².